The van der Waals surface area contributed by atoms with Crippen molar-refractivity contribution in [1.82, 2.24) is 0 Å². The van der Waals surface area contributed by atoms with Gasteiger partial charge in [0.1, 0.15) is 10.6 Å². The predicted molar refractivity (Wildman–Crippen MR) is 133 cm³/mol. The number of rotatable bonds is 5. The molecule has 0 aliphatic carbocycles. The van der Waals surface area contributed by atoms with Crippen LogP contribution in [0.1, 0.15) is 11.1 Å². The first-order chi connectivity index (χ1) is 15.2. The van der Waals surface area contributed by atoms with E-state index >= 15 is 0 Å². The summed E-state index contributed by atoms with van der Waals surface area (Å²) in [4.78, 5) is 29.0. The molecule has 0 spiro atoms. The zero-order valence-corrected chi connectivity index (χ0v) is 20.2. The molecule has 162 valence electrons. The number of imide groups is 1. The van der Waals surface area contributed by atoms with E-state index in [2.05, 4.69) is 5.32 Å². The lowest BCUT2D eigenvalue weighted by atomic mass is 10.2. The Morgan fingerprint density at radius 3 is 2.12 bits per heavy atom. The number of anilines is 2. The standard InChI is InChI=1S/C24H17Cl3N2O2S/c1-13-3-7-17(12-19(13)27)29-23(30)21(28-20-10-6-16(26)11-14(20)2)22(24(29)31)32-18-8-4-15(25)5-9-18/h3-12,28H,1-2H3. The quantitative estimate of drug-likeness (QED) is 0.372. The molecule has 8 heteroatoms. The van der Waals surface area contributed by atoms with Crippen molar-refractivity contribution >= 4 is 69.8 Å². The Hall–Kier alpha value is -2.44. The Kier molecular flexibility index (Phi) is 6.54. The molecule has 0 radical (unpaired) electrons. The van der Waals surface area contributed by atoms with Gasteiger partial charge in [-0.05, 0) is 79.6 Å². The first-order valence-corrected chi connectivity index (χ1v) is 11.6. The highest BCUT2D eigenvalue weighted by atomic mass is 35.5. The van der Waals surface area contributed by atoms with Gasteiger partial charge in [-0.1, -0.05) is 52.6 Å². The Morgan fingerprint density at radius 1 is 0.781 bits per heavy atom. The van der Waals surface area contributed by atoms with Crippen molar-refractivity contribution in [2.75, 3.05) is 10.2 Å². The number of halogens is 3. The molecule has 1 aliphatic rings. The zero-order chi connectivity index (χ0) is 23.0. The van der Waals surface area contributed by atoms with Gasteiger partial charge in [0.25, 0.3) is 11.8 Å². The van der Waals surface area contributed by atoms with Gasteiger partial charge >= 0.3 is 0 Å². The van der Waals surface area contributed by atoms with Crippen molar-refractivity contribution in [1.29, 1.82) is 0 Å². The fourth-order valence-electron chi connectivity index (χ4n) is 3.19. The van der Waals surface area contributed by atoms with Crippen LogP contribution in [-0.4, -0.2) is 11.8 Å². The van der Waals surface area contributed by atoms with Gasteiger partial charge in [-0.2, -0.15) is 0 Å². The predicted octanol–water partition coefficient (Wildman–Crippen LogP) is 7.25. The van der Waals surface area contributed by atoms with Gasteiger partial charge in [0.05, 0.1) is 5.69 Å². The highest BCUT2D eigenvalue weighted by molar-refractivity contribution is 8.04. The molecule has 1 aliphatic heterocycles. The van der Waals surface area contributed by atoms with Gasteiger partial charge in [-0.15, -0.1) is 0 Å². The minimum absolute atomic E-state index is 0.192. The molecular weight excluding hydrogens is 487 g/mol. The molecule has 0 aromatic heterocycles. The van der Waals surface area contributed by atoms with Crippen LogP contribution in [0, 0.1) is 13.8 Å². The third-order valence-electron chi connectivity index (χ3n) is 4.94. The summed E-state index contributed by atoms with van der Waals surface area (Å²) in [5.41, 5.74) is 2.99. The minimum atomic E-state index is -0.458. The Bertz CT molecular complexity index is 1270. The van der Waals surface area contributed by atoms with Gasteiger partial charge in [-0.25, -0.2) is 4.90 Å². The van der Waals surface area contributed by atoms with Crippen LogP contribution in [0.3, 0.4) is 0 Å². The minimum Gasteiger partial charge on any atom is -0.350 e. The highest BCUT2D eigenvalue weighted by Gasteiger charge is 2.40. The number of aryl methyl sites for hydroxylation is 2. The average Bonchev–Trinajstić information content (AvgIpc) is 2.97. The van der Waals surface area contributed by atoms with Crippen molar-refractivity contribution in [2.45, 2.75) is 18.7 Å². The highest BCUT2D eigenvalue weighted by Crippen LogP contribution is 2.39. The van der Waals surface area contributed by atoms with Crippen LogP contribution in [0.25, 0.3) is 0 Å². The summed E-state index contributed by atoms with van der Waals surface area (Å²) >= 11 is 19.5. The van der Waals surface area contributed by atoms with Crippen molar-refractivity contribution in [3.8, 4) is 0 Å². The summed E-state index contributed by atoms with van der Waals surface area (Å²) in [5, 5.41) is 4.80. The summed E-state index contributed by atoms with van der Waals surface area (Å²) < 4.78 is 0. The number of carbonyl (C=O) groups excluding carboxylic acids is 2. The molecule has 1 N–H and O–H groups in total. The van der Waals surface area contributed by atoms with Gasteiger partial charge in [-0.3, -0.25) is 9.59 Å². The number of amides is 2. The van der Waals surface area contributed by atoms with Crippen molar-refractivity contribution in [3.05, 3.63) is 97.5 Å². The van der Waals surface area contributed by atoms with E-state index in [4.69, 9.17) is 34.8 Å². The van der Waals surface area contributed by atoms with Crippen LogP contribution < -0.4 is 10.2 Å². The monoisotopic (exact) mass is 502 g/mol. The van der Waals surface area contributed by atoms with Crippen LogP contribution in [0.4, 0.5) is 11.4 Å². The fourth-order valence-corrected chi connectivity index (χ4v) is 4.65. The van der Waals surface area contributed by atoms with Gasteiger partial charge in [0.15, 0.2) is 0 Å². The Morgan fingerprint density at radius 2 is 1.47 bits per heavy atom. The second kappa shape index (κ2) is 9.20. The average molecular weight is 504 g/mol. The lowest BCUT2D eigenvalue weighted by Crippen LogP contribution is -2.32. The first kappa shape index (κ1) is 22.7. The van der Waals surface area contributed by atoms with E-state index in [1.54, 1.807) is 60.7 Å². The fraction of sp³-hybridized carbons (Fsp3) is 0.0833. The van der Waals surface area contributed by atoms with Crippen molar-refractivity contribution < 1.29 is 9.59 Å². The van der Waals surface area contributed by atoms with E-state index in [1.165, 1.54) is 11.8 Å². The van der Waals surface area contributed by atoms with Crippen molar-refractivity contribution in [3.63, 3.8) is 0 Å². The largest absolute Gasteiger partial charge is 0.350 e. The molecule has 0 bridgehead atoms. The number of nitrogens with one attached hydrogen (secondary N) is 1. The zero-order valence-electron chi connectivity index (χ0n) is 17.1. The summed E-state index contributed by atoms with van der Waals surface area (Å²) in [6.45, 7) is 3.73. The number of thioether (sulfide) groups is 1. The number of carbonyl (C=O) groups is 2. The van der Waals surface area contributed by atoms with Crippen LogP contribution in [-0.2, 0) is 9.59 Å². The van der Waals surface area contributed by atoms with Crippen LogP contribution in [0.2, 0.25) is 15.1 Å². The smallest absolute Gasteiger partial charge is 0.283 e. The number of hydrogen-bond acceptors (Lipinski definition) is 4. The van der Waals surface area contributed by atoms with Crippen LogP contribution in [0.15, 0.2) is 76.2 Å². The summed E-state index contributed by atoms with van der Waals surface area (Å²) in [5.74, 6) is -0.885. The molecule has 0 unspecified atom stereocenters. The second-order valence-electron chi connectivity index (χ2n) is 7.22. The maximum absolute atomic E-state index is 13.4. The van der Waals surface area contributed by atoms with Crippen LogP contribution >= 0.6 is 46.6 Å². The number of benzene rings is 3. The van der Waals surface area contributed by atoms with E-state index in [0.29, 0.717) is 26.4 Å². The molecule has 3 aromatic rings. The third kappa shape index (κ3) is 4.52. The van der Waals surface area contributed by atoms with Crippen molar-refractivity contribution in [2.24, 2.45) is 0 Å². The second-order valence-corrected chi connectivity index (χ2v) is 9.59. The molecule has 4 nitrogen and oxygen atoms in total. The molecular formula is C24H17Cl3N2O2S. The van der Waals surface area contributed by atoms with E-state index in [1.807, 2.05) is 13.8 Å². The number of hydrogen-bond donors (Lipinski definition) is 1. The van der Waals surface area contributed by atoms with Gasteiger partial charge in [0, 0.05) is 25.7 Å². The molecule has 0 saturated carbocycles. The molecule has 0 saturated heterocycles. The molecule has 32 heavy (non-hydrogen) atoms. The summed E-state index contributed by atoms with van der Waals surface area (Å²) in [7, 11) is 0. The normalized spacial score (nSPS) is 13.8. The molecule has 3 aromatic carbocycles. The van der Waals surface area contributed by atoms with E-state index in [9.17, 15) is 9.59 Å². The third-order valence-corrected chi connectivity index (χ3v) is 6.92. The number of nitrogens with zero attached hydrogens (tertiary/aromatic N) is 1. The summed E-state index contributed by atoms with van der Waals surface area (Å²) in [6, 6.07) is 17.5. The van der Waals surface area contributed by atoms with Gasteiger partial charge < -0.3 is 5.32 Å². The van der Waals surface area contributed by atoms with E-state index in [0.717, 1.165) is 20.9 Å². The van der Waals surface area contributed by atoms with Crippen LogP contribution in [0.5, 0.6) is 0 Å². The maximum atomic E-state index is 13.4. The molecule has 2 amide bonds. The molecule has 0 fully saturated rings. The Labute approximate surface area is 205 Å². The SMILES string of the molecule is Cc1ccc(N2C(=O)C(Nc3ccc(Cl)cc3C)=C(Sc3ccc(Cl)cc3)C2=O)cc1Cl. The van der Waals surface area contributed by atoms with E-state index in [-0.39, 0.29) is 10.6 Å². The maximum Gasteiger partial charge on any atom is 0.283 e. The van der Waals surface area contributed by atoms with E-state index < -0.39 is 11.8 Å². The Balaban J connectivity index is 1.77. The molecule has 1 heterocycles. The molecule has 0 atom stereocenters. The summed E-state index contributed by atoms with van der Waals surface area (Å²) in [6.07, 6.45) is 0. The van der Waals surface area contributed by atoms with Gasteiger partial charge in [0.2, 0.25) is 0 Å². The molecule has 4 rings (SSSR count). The lowest BCUT2D eigenvalue weighted by molar-refractivity contribution is -0.120. The first-order valence-electron chi connectivity index (χ1n) is 9.60. The topological polar surface area (TPSA) is 49.4 Å². The lowest BCUT2D eigenvalue weighted by Gasteiger charge is -2.16.